The summed E-state index contributed by atoms with van der Waals surface area (Å²) in [6.45, 7) is 2.26. The molecule has 0 saturated carbocycles. The van der Waals surface area contributed by atoms with Crippen molar-refractivity contribution >= 4 is 23.7 Å². The molecule has 1 rings (SSSR count). The lowest BCUT2D eigenvalue weighted by Gasteiger charge is -2.04. The van der Waals surface area contributed by atoms with Crippen molar-refractivity contribution in [3.05, 3.63) is 22.1 Å². The van der Waals surface area contributed by atoms with Crippen LogP contribution in [0.5, 0.6) is 0 Å². The zero-order chi connectivity index (χ0) is 15.0. The van der Waals surface area contributed by atoms with Gasteiger partial charge in [-0.25, -0.2) is 9.78 Å². The molecule has 1 aromatic rings. The van der Waals surface area contributed by atoms with Gasteiger partial charge in [0.1, 0.15) is 0 Å². The van der Waals surface area contributed by atoms with Crippen LogP contribution in [0.2, 0.25) is 0 Å². The fraction of sp³-hybridized carbons (Fsp3) is 0.500. The molecule has 1 aromatic heterocycles. The van der Waals surface area contributed by atoms with E-state index >= 15 is 0 Å². The van der Waals surface area contributed by atoms with Gasteiger partial charge >= 0.3 is 11.9 Å². The molecule has 20 heavy (non-hydrogen) atoms. The second kappa shape index (κ2) is 8.36. The van der Waals surface area contributed by atoms with Gasteiger partial charge in [-0.05, 0) is 6.42 Å². The second-order valence-corrected chi connectivity index (χ2v) is 4.75. The highest BCUT2D eigenvalue weighted by Crippen LogP contribution is 2.11. The van der Waals surface area contributed by atoms with Crippen molar-refractivity contribution in [2.24, 2.45) is 0 Å². The third kappa shape index (κ3) is 5.43. The Labute approximate surface area is 120 Å². The molecule has 0 spiro atoms. The minimum atomic E-state index is -0.649. The molecule has 0 aliphatic rings. The van der Waals surface area contributed by atoms with Crippen LogP contribution in [0, 0.1) is 0 Å². The fourth-order valence-corrected chi connectivity index (χ4v) is 1.89. The van der Waals surface area contributed by atoms with E-state index in [1.165, 1.54) is 7.11 Å². The number of ether oxygens (including phenoxy) is 2. The second-order valence-electron chi connectivity index (χ2n) is 3.79. The van der Waals surface area contributed by atoms with E-state index in [2.05, 4.69) is 14.7 Å². The molecule has 7 nitrogen and oxygen atoms in total. The van der Waals surface area contributed by atoms with Crippen LogP contribution in [0.3, 0.4) is 0 Å². The number of unbranched alkanes of at least 4 members (excludes halogenated alkanes) is 1. The van der Waals surface area contributed by atoms with Gasteiger partial charge in [0.05, 0.1) is 19.5 Å². The number of esters is 2. The summed E-state index contributed by atoms with van der Waals surface area (Å²) in [5, 5.41) is 0.172. The van der Waals surface area contributed by atoms with E-state index in [1.807, 2.05) is 6.92 Å². The first-order valence-corrected chi connectivity index (χ1v) is 7.03. The van der Waals surface area contributed by atoms with Crippen molar-refractivity contribution in [2.75, 3.05) is 19.5 Å². The van der Waals surface area contributed by atoms with Gasteiger partial charge in [-0.15, -0.1) is 0 Å². The largest absolute Gasteiger partial charge is 0.468 e. The van der Waals surface area contributed by atoms with E-state index in [9.17, 15) is 14.4 Å². The highest BCUT2D eigenvalue weighted by molar-refractivity contribution is 7.99. The molecular weight excluding hydrogens is 284 g/mol. The lowest BCUT2D eigenvalue weighted by Crippen LogP contribution is -2.16. The summed E-state index contributed by atoms with van der Waals surface area (Å²) in [6, 6.07) is 1.07. The van der Waals surface area contributed by atoms with Crippen LogP contribution in [0.4, 0.5) is 0 Å². The predicted molar refractivity (Wildman–Crippen MR) is 72.8 cm³/mol. The van der Waals surface area contributed by atoms with Gasteiger partial charge in [0.15, 0.2) is 10.9 Å². The Morgan fingerprint density at radius 2 is 2.20 bits per heavy atom. The molecule has 0 atom stereocenters. The zero-order valence-corrected chi connectivity index (χ0v) is 12.1. The molecule has 110 valence electrons. The average Bonchev–Trinajstić information content (AvgIpc) is 2.44. The number of aromatic amines is 1. The Morgan fingerprint density at radius 1 is 1.45 bits per heavy atom. The standard InChI is InChI=1S/C12H16N2O5S/c1-3-4-5-19-11(17)8-6-9(15)14-12(13-8)20-7-10(16)18-2/h6H,3-5,7H2,1-2H3,(H,13,14,15). The third-order valence-corrected chi connectivity index (χ3v) is 3.06. The van der Waals surface area contributed by atoms with Crippen LogP contribution in [0.1, 0.15) is 30.3 Å². The summed E-state index contributed by atoms with van der Waals surface area (Å²) in [5.74, 6) is -1.11. The number of carbonyl (C=O) groups excluding carboxylic acids is 2. The molecule has 1 N–H and O–H groups in total. The molecule has 0 aliphatic heterocycles. The molecule has 0 aromatic carbocycles. The minimum absolute atomic E-state index is 0.00617. The van der Waals surface area contributed by atoms with Gasteiger partial charge < -0.3 is 14.5 Å². The first-order valence-electron chi connectivity index (χ1n) is 6.05. The maximum atomic E-state index is 11.7. The number of nitrogens with zero attached hydrogens (tertiary/aromatic N) is 1. The van der Waals surface area contributed by atoms with Crippen molar-refractivity contribution in [1.82, 2.24) is 9.97 Å². The summed E-state index contributed by atoms with van der Waals surface area (Å²) in [5.41, 5.74) is -0.549. The monoisotopic (exact) mass is 300 g/mol. The topological polar surface area (TPSA) is 98.4 Å². The molecule has 0 bridgehead atoms. The van der Waals surface area contributed by atoms with E-state index in [0.29, 0.717) is 0 Å². The summed E-state index contributed by atoms with van der Waals surface area (Å²) in [6.07, 6.45) is 1.65. The Kier molecular flexibility index (Phi) is 6.78. The van der Waals surface area contributed by atoms with Crippen LogP contribution in [0.25, 0.3) is 0 Å². The first-order chi connectivity index (χ1) is 9.56. The van der Waals surface area contributed by atoms with Crippen molar-refractivity contribution < 1.29 is 19.1 Å². The van der Waals surface area contributed by atoms with Crippen molar-refractivity contribution in [3.63, 3.8) is 0 Å². The average molecular weight is 300 g/mol. The van der Waals surface area contributed by atoms with Gasteiger partial charge in [0.25, 0.3) is 5.56 Å². The number of hydrogen-bond acceptors (Lipinski definition) is 7. The first kappa shape index (κ1) is 16.2. The van der Waals surface area contributed by atoms with Crippen LogP contribution in [-0.2, 0) is 14.3 Å². The maximum Gasteiger partial charge on any atom is 0.357 e. The van der Waals surface area contributed by atoms with Crippen LogP contribution in [-0.4, -0.2) is 41.4 Å². The van der Waals surface area contributed by atoms with Crippen molar-refractivity contribution in [2.45, 2.75) is 24.9 Å². The Balaban J connectivity index is 2.72. The third-order valence-electron chi connectivity index (χ3n) is 2.21. The normalized spacial score (nSPS) is 10.1. The van der Waals surface area contributed by atoms with Gasteiger partial charge in [0.2, 0.25) is 0 Å². The number of aromatic nitrogens is 2. The highest BCUT2D eigenvalue weighted by Gasteiger charge is 2.12. The number of carbonyl (C=O) groups is 2. The van der Waals surface area contributed by atoms with E-state index in [0.717, 1.165) is 30.7 Å². The number of hydrogen-bond donors (Lipinski definition) is 1. The van der Waals surface area contributed by atoms with Crippen molar-refractivity contribution in [1.29, 1.82) is 0 Å². The summed E-state index contributed by atoms with van der Waals surface area (Å²) < 4.78 is 9.44. The highest BCUT2D eigenvalue weighted by atomic mass is 32.2. The maximum absolute atomic E-state index is 11.7. The summed E-state index contributed by atoms with van der Waals surface area (Å²) in [4.78, 5) is 40.5. The molecule has 1 heterocycles. The molecular formula is C12H16N2O5S. The van der Waals surface area contributed by atoms with E-state index in [4.69, 9.17) is 4.74 Å². The Morgan fingerprint density at radius 3 is 2.85 bits per heavy atom. The quantitative estimate of drug-likeness (QED) is 0.347. The summed E-state index contributed by atoms with van der Waals surface area (Å²) in [7, 11) is 1.26. The van der Waals surface area contributed by atoms with Gasteiger partial charge in [-0.1, -0.05) is 25.1 Å². The van der Waals surface area contributed by atoms with Gasteiger partial charge in [-0.3, -0.25) is 9.59 Å². The van der Waals surface area contributed by atoms with Crippen LogP contribution >= 0.6 is 11.8 Å². The van der Waals surface area contributed by atoms with Crippen LogP contribution in [0.15, 0.2) is 16.0 Å². The Hall–Kier alpha value is -1.83. The minimum Gasteiger partial charge on any atom is -0.468 e. The van der Waals surface area contributed by atoms with Gasteiger partial charge in [0, 0.05) is 6.07 Å². The molecule has 0 amide bonds. The smallest absolute Gasteiger partial charge is 0.357 e. The predicted octanol–water partition coefficient (Wildman–Crippen LogP) is 0.992. The lowest BCUT2D eigenvalue weighted by atomic mass is 10.3. The SMILES string of the molecule is CCCCOC(=O)c1cc(=O)[nH]c(SCC(=O)OC)n1. The molecule has 0 radical (unpaired) electrons. The van der Waals surface area contributed by atoms with E-state index in [1.54, 1.807) is 0 Å². The molecule has 0 saturated heterocycles. The van der Waals surface area contributed by atoms with Crippen LogP contribution < -0.4 is 5.56 Å². The zero-order valence-electron chi connectivity index (χ0n) is 11.3. The van der Waals surface area contributed by atoms with E-state index in [-0.39, 0.29) is 23.2 Å². The molecule has 0 aliphatic carbocycles. The van der Waals surface area contributed by atoms with Gasteiger partial charge in [-0.2, -0.15) is 0 Å². The lowest BCUT2D eigenvalue weighted by molar-refractivity contribution is -0.137. The fourth-order valence-electron chi connectivity index (χ4n) is 1.18. The number of nitrogens with one attached hydrogen (secondary N) is 1. The molecule has 0 unspecified atom stereocenters. The Bertz CT molecular complexity index is 529. The van der Waals surface area contributed by atoms with E-state index < -0.39 is 17.5 Å². The molecule has 0 fully saturated rings. The number of H-pyrrole nitrogens is 1. The number of rotatable bonds is 7. The van der Waals surface area contributed by atoms with Crippen molar-refractivity contribution in [3.8, 4) is 0 Å². The summed E-state index contributed by atoms with van der Waals surface area (Å²) >= 11 is 0.978. The number of methoxy groups -OCH3 is 1. The number of thioether (sulfide) groups is 1. The molecule has 8 heteroatoms.